The number of rotatable bonds is 6. The van der Waals surface area contributed by atoms with E-state index < -0.39 is 0 Å². The summed E-state index contributed by atoms with van der Waals surface area (Å²) in [5, 5.41) is 3.72. The highest BCUT2D eigenvalue weighted by Crippen LogP contribution is 2.36. The summed E-state index contributed by atoms with van der Waals surface area (Å²) in [5.41, 5.74) is 1.86. The maximum absolute atomic E-state index is 3.72. The highest BCUT2D eigenvalue weighted by atomic mass is 15.1. The minimum atomic E-state index is 0.554. The van der Waals surface area contributed by atoms with Crippen LogP contribution in [0, 0.1) is 5.41 Å². The van der Waals surface area contributed by atoms with Crippen LogP contribution in [0.25, 0.3) is 0 Å². The van der Waals surface area contributed by atoms with Gasteiger partial charge in [0.1, 0.15) is 0 Å². The van der Waals surface area contributed by atoms with Crippen LogP contribution >= 0.6 is 0 Å². The lowest BCUT2D eigenvalue weighted by atomic mass is 9.92. The normalized spacial score (nSPS) is 21.5. The van der Waals surface area contributed by atoms with Gasteiger partial charge in [0.25, 0.3) is 0 Å². The summed E-state index contributed by atoms with van der Waals surface area (Å²) in [7, 11) is 2.17. The Balaban J connectivity index is 1.62. The topological polar surface area (TPSA) is 15.3 Å². The van der Waals surface area contributed by atoms with E-state index in [2.05, 4.69) is 61.4 Å². The molecule has 1 fully saturated rings. The van der Waals surface area contributed by atoms with Crippen LogP contribution in [0.2, 0.25) is 0 Å². The lowest BCUT2D eigenvalue weighted by Gasteiger charge is -2.21. The molecule has 0 heterocycles. The Bertz CT molecular complexity index is 372. The first-order valence-electron chi connectivity index (χ1n) is 7.56. The third-order valence-corrected chi connectivity index (χ3v) is 4.27. The second-order valence-electron chi connectivity index (χ2n) is 6.67. The molecule has 1 aliphatic carbocycles. The largest absolute Gasteiger partial charge is 0.375 e. The molecular formula is C17H28N2. The van der Waals surface area contributed by atoms with Gasteiger partial charge in [-0.3, -0.25) is 0 Å². The van der Waals surface area contributed by atoms with Gasteiger partial charge in [-0.1, -0.05) is 32.0 Å². The zero-order chi connectivity index (χ0) is 13.7. The van der Waals surface area contributed by atoms with Crippen molar-refractivity contribution in [1.29, 1.82) is 0 Å². The van der Waals surface area contributed by atoms with Gasteiger partial charge in [-0.15, -0.1) is 0 Å². The molecule has 0 saturated heterocycles. The Hall–Kier alpha value is -1.02. The van der Waals surface area contributed by atoms with E-state index >= 15 is 0 Å². The number of para-hydroxylation sites is 1. The predicted molar refractivity (Wildman–Crippen MR) is 83.8 cm³/mol. The molecule has 0 aromatic heterocycles. The predicted octanol–water partition coefficient (Wildman–Crippen LogP) is 3.68. The van der Waals surface area contributed by atoms with Crippen molar-refractivity contribution in [2.24, 2.45) is 5.41 Å². The lowest BCUT2D eigenvalue weighted by Crippen LogP contribution is -2.30. The van der Waals surface area contributed by atoms with E-state index in [1.165, 1.54) is 31.4 Å². The van der Waals surface area contributed by atoms with Gasteiger partial charge >= 0.3 is 0 Å². The van der Waals surface area contributed by atoms with Crippen molar-refractivity contribution in [3.05, 3.63) is 30.3 Å². The molecule has 0 aliphatic heterocycles. The molecule has 0 radical (unpaired) electrons. The van der Waals surface area contributed by atoms with E-state index in [1.807, 2.05) is 0 Å². The summed E-state index contributed by atoms with van der Waals surface area (Å²) >= 11 is 0. The Morgan fingerprint density at radius 3 is 2.63 bits per heavy atom. The minimum Gasteiger partial charge on any atom is -0.375 e. The van der Waals surface area contributed by atoms with Gasteiger partial charge in [-0.05, 0) is 49.8 Å². The minimum absolute atomic E-state index is 0.554. The van der Waals surface area contributed by atoms with Crippen LogP contribution < -0.4 is 10.2 Å². The van der Waals surface area contributed by atoms with Crippen molar-refractivity contribution in [2.45, 2.75) is 45.6 Å². The van der Waals surface area contributed by atoms with Crippen molar-refractivity contribution >= 4 is 5.69 Å². The van der Waals surface area contributed by atoms with E-state index in [9.17, 15) is 0 Å². The second kappa shape index (κ2) is 6.42. The fourth-order valence-corrected chi connectivity index (χ4v) is 3.04. The number of benzene rings is 1. The fourth-order valence-electron chi connectivity index (χ4n) is 3.04. The van der Waals surface area contributed by atoms with Crippen LogP contribution in [0.3, 0.4) is 0 Å². The first-order valence-corrected chi connectivity index (χ1v) is 7.56. The quantitative estimate of drug-likeness (QED) is 0.785. The summed E-state index contributed by atoms with van der Waals surface area (Å²) < 4.78 is 0. The molecule has 1 N–H and O–H groups in total. The maximum atomic E-state index is 3.72. The van der Waals surface area contributed by atoms with Gasteiger partial charge < -0.3 is 10.2 Å². The summed E-state index contributed by atoms with van der Waals surface area (Å²) in [4.78, 5) is 2.33. The smallest absolute Gasteiger partial charge is 0.0363 e. The molecule has 1 aromatic carbocycles. The molecular weight excluding hydrogens is 232 g/mol. The Kier molecular flexibility index (Phi) is 4.87. The van der Waals surface area contributed by atoms with E-state index in [1.54, 1.807) is 0 Å². The molecule has 2 rings (SSSR count). The molecule has 19 heavy (non-hydrogen) atoms. The average molecular weight is 260 g/mol. The molecule has 2 nitrogen and oxygen atoms in total. The van der Waals surface area contributed by atoms with E-state index in [-0.39, 0.29) is 0 Å². The summed E-state index contributed by atoms with van der Waals surface area (Å²) in [6.45, 7) is 7.03. The van der Waals surface area contributed by atoms with E-state index in [0.717, 1.165) is 19.1 Å². The first-order chi connectivity index (χ1) is 9.07. The SMILES string of the molecule is CN(CCCNC1CCC(C)(C)C1)c1ccccc1. The third kappa shape index (κ3) is 4.54. The number of anilines is 1. The zero-order valence-electron chi connectivity index (χ0n) is 12.7. The molecule has 1 aromatic rings. The van der Waals surface area contributed by atoms with Crippen LogP contribution in [0.15, 0.2) is 30.3 Å². The van der Waals surface area contributed by atoms with Gasteiger partial charge in [0.05, 0.1) is 0 Å². The molecule has 1 aliphatic rings. The van der Waals surface area contributed by atoms with E-state index in [4.69, 9.17) is 0 Å². The first kappa shape index (κ1) is 14.4. The summed E-state index contributed by atoms with van der Waals surface area (Å²) in [6, 6.07) is 11.4. The third-order valence-electron chi connectivity index (χ3n) is 4.27. The molecule has 2 heteroatoms. The van der Waals surface area contributed by atoms with Gasteiger partial charge in [0, 0.05) is 25.3 Å². The van der Waals surface area contributed by atoms with Crippen molar-refractivity contribution in [3.63, 3.8) is 0 Å². The monoisotopic (exact) mass is 260 g/mol. The van der Waals surface area contributed by atoms with Crippen molar-refractivity contribution in [1.82, 2.24) is 5.32 Å². The lowest BCUT2D eigenvalue weighted by molar-refractivity contribution is 0.364. The molecule has 0 bridgehead atoms. The van der Waals surface area contributed by atoms with Crippen molar-refractivity contribution in [3.8, 4) is 0 Å². The molecule has 1 atom stereocenters. The Morgan fingerprint density at radius 1 is 1.26 bits per heavy atom. The fraction of sp³-hybridized carbons (Fsp3) is 0.647. The number of nitrogens with zero attached hydrogens (tertiary/aromatic N) is 1. The van der Waals surface area contributed by atoms with Crippen LogP contribution in [-0.4, -0.2) is 26.2 Å². The molecule has 106 valence electrons. The van der Waals surface area contributed by atoms with Gasteiger partial charge in [0.15, 0.2) is 0 Å². The van der Waals surface area contributed by atoms with Gasteiger partial charge in [-0.25, -0.2) is 0 Å². The number of hydrogen-bond acceptors (Lipinski definition) is 2. The van der Waals surface area contributed by atoms with Crippen molar-refractivity contribution in [2.75, 3.05) is 25.0 Å². The van der Waals surface area contributed by atoms with Gasteiger partial charge in [0.2, 0.25) is 0 Å². The number of nitrogens with one attached hydrogen (secondary N) is 1. The highest BCUT2D eigenvalue weighted by Gasteiger charge is 2.30. The average Bonchev–Trinajstić information content (AvgIpc) is 2.75. The molecule has 0 amide bonds. The van der Waals surface area contributed by atoms with Crippen LogP contribution in [0.1, 0.15) is 39.5 Å². The van der Waals surface area contributed by atoms with Crippen LogP contribution in [-0.2, 0) is 0 Å². The molecule has 0 spiro atoms. The zero-order valence-corrected chi connectivity index (χ0v) is 12.7. The second-order valence-corrected chi connectivity index (χ2v) is 6.67. The summed E-state index contributed by atoms with van der Waals surface area (Å²) in [6.07, 6.45) is 5.26. The standard InChI is InChI=1S/C17H28N2/c1-17(2)11-10-15(14-17)18-12-7-13-19(3)16-8-5-4-6-9-16/h4-6,8-9,15,18H,7,10-14H2,1-3H3. The Morgan fingerprint density at radius 2 is 2.00 bits per heavy atom. The Labute approximate surface area is 118 Å². The maximum Gasteiger partial charge on any atom is 0.0363 e. The molecule has 1 unspecified atom stereocenters. The van der Waals surface area contributed by atoms with Crippen LogP contribution in [0.4, 0.5) is 5.69 Å². The highest BCUT2D eigenvalue weighted by molar-refractivity contribution is 5.44. The summed E-state index contributed by atoms with van der Waals surface area (Å²) in [5.74, 6) is 0. The van der Waals surface area contributed by atoms with E-state index in [0.29, 0.717) is 5.41 Å². The van der Waals surface area contributed by atoms with Crippen molar-refractivity contribution < 1.29 is 0 Å². The number of hydrogen-bond donors (Lipinski definition) is 1. The molecule has 1 saturated carbocycles. The van der Waals surface area contributed by atoms with Gasteiger partial charge in [-0.2, -0.15) is 0 Å². The van der Waals surface area contributed by atoms with Crippen LogP contribution in [0.5, 0.6) is 0 Å².